The zero-order valence-corrected chi connectivity index (χ0v) is 6.86. The number of nitrogens with two attached hydrogens (primary N) is 1. The van der Waals surface area contributed by atoms with Gasteiger partial charge in [-0.3, -0.25) is 0 Å². The lowest BCUT2D eigenvalue weighted by Gasteiger charge is -2.08. The highest BCUT2D eigenvalue weighted by Gasteiger charge is 2.54. The second kappa shape index (κ2) is 2.61. The fraction of sp³-hybridized carbons (Fsp3) is 0.556. The third kappa shape index (κ3) is 0.974. The maximum absolute atomic E-state index is 9.10. The van der Waals surface area contributed by atoms with Crippen LogP contribution in [0.2, 0.25) is 0 Å². The standard InChI is InChI=1S/C9H13NO2/c10-5-9(6-11)4-7(9)8-2-1-3-12-8/h1-3,7,11H,4-6,10H2/t7-,9+/m0/s1. The molecule has 0 aliphatic heterocycles. The van der Waals surface area contributed by atoms with E-state index in [0.29, 0.717) is 12.5 Å². The summed E-state index contributed by atoms with van der Waals surface area (Å²) in [6.45, 7) is 0.698. The van der Waals surface area contributed by atoms with Gasteiger partial charge in [0, 0.05) is 17.9 Å². The van der Waals surface area contributed by atoms with Gasteiger partial charge in [0.15, 0.2) is 0 Å². The van der Waals surface area contributed by atoms with Crippen LogP contribution in [-0.4, -0.2) is 18.3 Å². The Morgan fingerprint density at radius 3 is 3.00 bits per heavy atom. The smallest absolute Gasteiger partial charge is 0.107 e. The Morgan fingerprint density at radius 2 is 2.58 bits per heavy atom. The molecular formula is C9H13NO2. The molecule has 1 aromatic rings. The molecule has 2 rings (SSSR count). The van der Waals surface area contributed by atoms with Gasteiger partial charge in [0.05, 0.1) is 12.9 Å². The zero-order chi connectivity index (χ0) is 8.60. The molecule has 0 bridgehead atoms. The van der Waals surface area contributed by atoms with Gasteiger partial charge >= 0.3 is 0 Å². The van der Waals surface area contributed by atoms with Crippen molar-refractivity contribution >= 4 is 0 Å². The second-order valence-electron chi connectivity index (χ2n) is 3.50. The van der Waals surface area contributed by atoms with Gasteiger partial charge in [-0.15, -0.1) is 0 Å². The van der Waals surface area contributed by atoms with Crippen molar-refractivity contribution in [1.29, 1.82) is 0 Å². The van der Waals surface area contributed by atoms with Crippen molar-refractivity contribution < 1.29 is 9.52 Å². The topological polar surface area (TPSA) is 59.4 Å². The Labute approximate surface area is 71.2 Å². The van der Waals surface area contributed by atoms with E-state index in [4.69, 9.17) is 15.3 Å². The Morgan fingerprint density at radius 1 is 1.75 bits per heavy atom. The molecule has 1 fully saturated rings. The fourth-order valence-corrected chi connectivity index (χ4v) is 1.70. The minimum Gasteiger partial charge on any atom is -0.469 e. The van der Waals surface area contributed by atoms with Gasteiger partial charge in [-0.1, -0.05) is 0 Å². The minimum absolute atomic E-state index is 0.0855. The van der Waals surface area contributed by atoms with E-state index in [1.165, 1.54) is 0 Å². The van der Waals surface area contributed by atoms with E-state index in [-0.39, 0.29) is 12.0 Å². The molecule has 0 radical (unpaired) electrons. The number of hydrogen-bond acceptors (Lipinski definition) is 3. The molecule has 12 heavy (non-hydrogen) atoms. The van der Waals surface area contributed by atoms with Gasteiger partial charge < -0.3 is 15.3 Å². The summed E-state index contributed by atoms with van der Waals surface area (Å²) >= 11 is 0. The molecule has 0 spiro atoms. The van der Waals surface area contributed by atoms with E-state index in [9.17, 15) is 0 Å². The lowest BCUT2D eigenvalue weighted by atomic mass is 10.0. The number of furan rings is 1. The van der Waals surface area contributed by atoms with Crippen LogP contribution in [0.4, 0.5) is 0 Å². The van der Waals surface area contributed by atoms with Gasteiger partial charge in [0.25, 0.3) is 0 Å². The summed E-state index contributed by atoms with van der Waals surface area (Å²) in [6.07, 6.45) is 2.61. The Hall–Kier alpha value is -0.800. The van der Waals surface area contributed by atoms with E-state index in [1.54, 1.807) is 6.26 Å². The van der Waals surface area contributed by atoms with Gasteiger partial charge in [-0.2, -0.15) is 0 Å². The second-order valence-corrected chi connectivity index (χ2v) is 3.50. The van der Waals surface area contributed by atoms with E-state index in [2.05, 4.69) is 0 Å². The van der Waals surface area contributed by atoms with Crippen molar-refractivity contribution in [2.24, 2.45) is 11.1 Å². The summed E-state index contributed by atoms with van der Waals surface area (Å²) in [6, 6.07) is 3.81. The van der Waals surface area contributed by atoms with Crippen LogP contribution in [0, 0.1) is 5.41 Å². The molecule has 1 aliphatic rings. The van der Waals surface area contributed by atoms with Crippen molar-refractivity contribution in [2.45, 2.75) is 12.3 Å². The SMILES string of the molecule is NC[C@@]1(CO)C[C@H]1c1ccco1. The van der Waals surface area contributed by atoms with Crippen LogP contribution in [0.5, 0.6) is 0 Å². The first-order chi connectivity index (χ1) is 5.82. The number of rotatable bonds is 3. The van der Waals surface area contributed by atoms with Gasteiger partial charge in [-0.05, 0) is 18.6 Å². The van der Waals surface area contributed by atoms with Crippen LogP contribution in [0.15, 0.2) is 22.8 Å². The highest BCUT2D eigenvalue weighted by Crippen LogP contribution is 2.58. The average molecular weight is 167 g/mol. The van der Waals surface area contributed by atoms with E-state index in [0.717, 1.165) is 12.2 Å². The van der Waals surface area contributed by atoms with E-state index < -0.39 is 0 Å². The number of aliphatic hydroxyl groups is 1. The highest BCUT2D eigenvalue weighted by atomic mass is 16.3. The Balaban J connectivity index is 2.12. The summed E-state index contributed by atoms with van der Waals surface area (Å²) in [5.74, 6) is 1.29. The highest BCUT2D eigenvalue weighted by molar-refractivity contribution is 5.22. The molecule has 0 aromatic carbocycles. The van der Waals surface area contributed by atoms with E-state index in [1.807, 2.05) is 12.1 Å². The van der Waals surface area contributed by atoms with Crippen molar-refractivity contribution in [3.63, 3.8) is 0 Å². The van der Waals surface area contributed by atoms with Crippen molar-refractivity contribution in [2.75, 3.05) is 13.2 Å². The van der Waals surface area contributed by atoms with Crippen LogP contribution in [0.1, 0.15) is 18.1 Å². The summed E-state index contributed by atoms with van der Waals surface area (Å²) in [4.78, 5) is 0. The van der Waals surface area contributed by atoms with Gasteiger partial charge in [0.1, 0.15) is 5.76 Å². The van der Waals surface area contributed by atoms with Gasteiger partial charge in [-0.25, -0.2) is 0 Å². The maximum Gasteiger partial charge on any atom is 0.107 e. The normalized spacial score (nSPS) is 33.7. The molecule has 0 amide bonds. The van der Waals surface area contributed by atoms with Gasteiger partial charge in [0.2, 0.25) is 0 Å². The Bertz CT molecular complexity index is 252. The lowest BCUT2D eigenvalue weighted by molar-refractivity contribution is 0.208. The molecule has 1 aliphatic carbocycles. The summed E-state index contributed by atoms with van der Waals surface area (Å²) in [7, 11) is 0. The molecule has 3 heteroatoms. The lowest BCUT2D eigenvalue weighted by Crippen LogP contribution is -2.21. The van der Waals surface area contributed by atoms with Crippen LogP contribution in [0.25, 0.3) is 0 Å². The van der Waals surface area contributed by atoms with Crippen LogP contribution < -0.4 is 5.73 Å². The molecule has 1 aromatic heterocycles. The monoisotopic (exact) mass is 167 g/mol. The number of hydrogen-bond donors (Lipinski definition) is 2. The Kier molecular flexibility index (Phi) is 1.70. The number of aliphatic hydroxyl groups excluding tert-OH is 1. The molecule has 3 nitrogen and oxygen atoms in total. The average Bonchev–Trinajstić information content (AvgIpc) is 2.59. The molecule has 0 unspecified atom stereocenters. The molecular weight excluding hydrogens is 154 g/mol. The first kappa shape index (κ1) is 7.83. The third-order valence-electron chi connectivity index (χ3n) is 2.80. The molecule has 66 valence electrons. The zero-order valence-electron chi connectivity index (χ0n) is 6.86. The van der Waals surface area contributed by atoms with E-state index >= 15 is 0 Å². The first-order valence-corrected chi connectivity index (χ1v) is 4.17. The molecule has 3 N–H and O–H groups in total. The van der Waals surface area contributed by atoms with Crippen LogP contribution in [0.3, 0.4) is 0 Å². The molecule has 1 saturated carbocycles. The maximum atomic E-state index is 9.10. The van der Waals surface area contributed by atoms with Crippen molar-refractivity contribution in [3.05, 3.63) is 24.2 Å². The minimum atomic E-state index is -0.0855. The predicted molar refractivity (Wildman–Crippen MR) is 44.6 cm³/mol. The van der Waals surface area contributed by atoms with Crippen molar-refractivity contribution in [3.8, 4) is 0 Å². The van der Waals surface area contributed by atoms with Crippen molar-refractivity contribution in [1.82, 2.24) is 0 Å². The summed E-state index contributed by atoms with van der Waals surface area (Å²) in [5.41, 5.74) is 5.49. The molecule has 0 saturated heterocycles. The fourth-order valence-electron chi connectivity index (χ4n) is 1.70. The summed E-state index contributed by atoms with van der Waals surface area (Å²) < 4.78 is 5.25. The largest absolute Gasteiger partial charge is 0.469 e. The van der Waals surface area contributed by atoms with Crippen LogP contribution in [-0.2, 0) is 0 Å². The molecule has 2 atom stereocenters. The molecule has 1 heterocycles. The third-order valence-corrected chi connectivity index (χ3v) is 2.80. The van der Waals surface area contributed by atoms with Crippen LogP contribution >= 0.6 is 0 Å². The predicted octanol–water partition coefficient (Wildman–Crippen LogP) is 0.704. The summed E-state index contributed by atoms with van der Waals surface area (Å²) in [5, 5.41) is 9.10. The first-order valence-electron chi connectivity index (χ1n) is 4.17. The quantitative estimate of drug-likeness (QED) is 0.696.